The van der Waals surface area contributed by atoms with Crippen LogP contribution in [-0.4, -0.2) is 11.1 Å². The van der Waals surface area contributed by atoms with Gasteiger partial charge in [-0.15, -0.1) is 11.3 Å². The highest BCUT2D eigenvalue weighted by Crippen LogP contribution is 2.40. The molecule has 0 bridgehead atoms. The van der Waals surface area contributed by atoms with Crippen molar-refractivity contribution < 1.29 is 9.90 Å². The number of rotatable bonds is 3. The fraction of sp³-hybridized carbons (Fsp3) is 0.471. The zero-order chi connectivity index (χ0) is 14.0. The Labute approximate surface area is 123 Å². The van der Waals surface area contributed by atoms with Crippen molar-refractivity contribution in [2.45, 2.75) is 44.9 Å². The van der Waals surface area contributed by atoms with E-state index in [1.807, 2.05) is 12.1 Å². The van der Waals surface area contributed by atoms with Crippen LogP contribution < -0.4 is 0 Å². The summed E-state index contributed by atoms with van der Waals surface area (Å²) in [4.78, 5) is 11.9. The van der Waals surface area contributed by atoms with Gasteiger partial charge < -0.3 is 5.11 Å². The molecule has 1 saturated carbocycles. The van der Waals surface area contributed by atoms with E-state index in [1.165, 1.54) is 28.5 Å². The van der Waals surface area contributed by atoms with Gasteiger partial charge in [0.2, 0.25) is 0 Å². The maximum absolute atomic E-state index is 11.9. The molecule has 0 aliphatic heterocycles. The van der Waals surface area contributed by atoms with Gasteiger partial charge in [0.05, 0.1) is 5.41 Å². The third-order valence-electron chi connectivity index (χ3n) is 4.60. The average Bonchev–Trinajstić information content (AvgIpc) is 2.69. The predicted octanol–water partition coefficient (Wildman–Crippen LogP) is 4.87. The summed E-state index contributed by atoms with van der Waals surface area (Å²) in [6.07, 6.45) is 6.80. The van der Waals surface area contributed by atoms with Crippen molar-refractivity contribution in [3.63, 3.8) is 0 Å². The summed E-state index contributed by atoms with van der Waals surface area (Å²) < 4.78 is 1.26. The maximum atomic E-state index is 11.9. The van der Waals surface area contributed by atoms with Crippen molar-refractivity contribution in [3.05, 3.63) is 35.2 Å². The van der Waals surface area contributed by atoms with Crippen molar-refractivity contribution in [3.8, 4) is 0 Å². The second kappa shape index (κ2) is 5.57. The minimum absolute atomic E-state index is 0.541. The van der Waals surface area contributed by atoms with Gasteiger partial charge in [-0.3, -0.25) is 4.79 Å². The van der Waals surface area contributed by atoms with Crippen molar-refractivity contribution in [2.24, 2.45) is 5.41 Å². The van der Waals surface area contributed by atoms with Crippen LogP contribution in [0.3, 0.4) is 0 Å². The number of carboxylic acid groups (broad SMARTS) is 1. The SMILES string of the molecule is O=C(O)C1(Cc2csc3ccccc23)CCCCCC1. The molecule has 2 aromatic rings. The molecule has 1 aliphatic rings. The van der Waals surface area contributed by atoms with E-state index in [1.54, 1.807) is 11.3 Å². The molecule has 3 rings (SSSR count). The Morgan fingerprint density at radius 1 is 1.15 bits per heavy atom. The highest BCUT2D eigenvalue weighted by molar-refractivity contribution is 7.17. The molecule has 1 aliphatic carbocycles. The summed E-state index contributed by atoms with van der Waals surface area (Å²) in [6, 6.07) is 8.32. The molecule has 0 radical (unpaired) electrons. The summed E-state index contributed by atoms with van der Waals surface area (Å²) >= 11 is 1.73. The molecule has 2 nitrogen and oxygen atoms in total. The van der Waals surface area contributed by atoms with E-state index in [9.17, 15) is 9.90 Å². The molecule has 0 amide bonds. The van der Waals surface area contributed by atoms with Crippen LogP contribution in [0.25, 0.3) is 10.1 Å². The molecule has 1 N–H and O–H groups in total. The number of hydrogen-bond donors (Lipinski definition) is 1. The van der Waals surface area contributed by atoms with Gasteiger partial charge >= 0.3 is 5.97 Å². The Hall–Kier alpha value is -1.35. The van der Waals surface area contributed by atoms with Gasteiger partial charge in [0, 0.05) is 4.70 Å². The average molecular weight is 288 g/mol. The topological polar surface area (TPSA) is 37.3 Å². The Balaban J connectivity index is 1.95. The lowest BCUT2D eigenvalue weighted by atomic mass is 9.75. The number of thiophene rings is 1. The van der Waals surface area contributed by atoms with Gasteiger partial charge in [0.25, 0.3) is 0 Å². The highest BCUT2D eigenvalue weighted by atomic mass is 32.1. The van der Waals surface area contributed by atoms with E-state index >= 15 is 0 Å². The molecule has 0 atom stereocenters. The summed E-state index contributed by atoms with van der Waals surface area (Å²) in [5.74, 6) is -0.602. The lowest BCUT2D eigenvalue weighted by Crippen LogP contribution is -2.32. The van der Waals surface area contributed by atoms with Gasteiger partial charge in [-0.2, -0.15) is 0 Å². The first-order chi connectivity index (χ1) is 9.71. The molecular formula is C17H20O2S. The fourth-order valence-electron chi connectivity index (χ4n) is 3.41. The van der Waals surface area contributed by atoms with Crippen molar-refractivity contribution in [2.75, 3.05) is 0 Å². The van der Waals surface area contributed by atoms with Gasteiger partial charge in [0.1, 0.15) is 0 Å². The second-order valence-electron chi connectivity index (χ2n) is 5.93. The molecule has 20 heavy (non-hydrogen) atoms. The molecule has 1 fully saturated rings. The summed E-state index contributed by atoms with van der Waals surface area (Å²) in [5.41, 5.74) is 0.676. The minimum Gasteiger partial charge on any atom is -0.481 e. The number of carboxylic acids is 1. The number of carbonyl (C=O) groups is 1. The molecule has 0 saturated heterocycles. The normalized spacial score (nSPS) is 18.8. The third-order valence-corrected chi connectivity index (χ3v) is 5.62. The fourth-order valence-corrected chi connectivity index (χ4v) is 4.37. The van der Waals surface area contributed by atoms with Gasteiger partial charge in [-0.05, 0) is 41.7 Å². The van der Waals surface area contributed by atoms with E-state index in [0.717, 1.165) is 25.7 Å². The van der Waals surface area contributed by atoms with Crippen LogP contribution in [-0.2, 0) is 11.2 Å². The van der Waals surface area contributed by atoms with E-state index in [2.05, 4.69) is 17.5 Å². The first-order valence-corrected chi connectivity index (χ1v) is 8.28. The molecule has 106 valence electrons. The number of aliphatic carboxylic acids is 1. The summed E-state index contributed by atoms with van der Waals surface area (Å²) in [7, 11) is 0. The Morgan fingerprint density at radius 2 is 1.85 bits per heavy atom. The quantitative estimate of drug-likeness (QED) is 0.818. The first-order valence-electron chi connectivity index (χ1n) is 7.40. The zero-order valence-corrected chi connectivity index (χ0v) is 12.4. The molecule has 3 heteroatoms. The van der Waals surface area contributed by atoms with Crippen LogP contribution in [0.4, 0.5) is 0 Å². The lowest BCUT2D eigenvalue weighted by molar-refractivity contribution is -0.149. The van der Waals surface area contributed by atoms with Gasteiger partial charge in [-0.25, -0.2) is 0 Å². The van der Waals surface area contributed by atoms with E-state index in [0.29, 0.717) is 6.42 Å². The van der Waals surface area contributed by atoms with Crippen LogP contribution in [0.1, 0.15) is 44.1 Å². The van der Waals surface area contributed by atoms with Gasteiger partial charge in [-0.1, -0.05) is 43.9 Å². The molecule has 1 aromatic carbocycles. The van der Waals surface area contributed by atoms with E-state index in [-0.39, 0.29) is 0 Å². The molecule has 0 unspecified atom stereocenters. The zero-order valence-electron chi connectivity index (χ0n) is 11.6. The van der Waals surface area contributed by atoms with E-state index < -0.39 is 11.4 Å². The second-order valence-corrected chi connectivity index (χ2v) is 6.84. The highest BCUT2D eigenvalue weighted by Gasteiger charge is 2.39. The van der Waals surface area contributed by atoms with Crippen molar-refractivity contribution in [1.29, 1.82) is 0 Å². The number of fused-ring (bicyclic) bond motifs is 1. The largest absolute Gasteiger partial charge is 0.481 e. The first kappa shape index (κ1) is 13.6. The summed E-state index contributed by atoms with van der Waals surface area (Å²) in [6.45, 7) is 0. The number of benzene rings is 1. The van der Waals surface area contributed by atoms with Crippen LogP contribution in [0.2, 0.25) is 0 Å². The maximum Gasteiger partial charge on any atom is 0.309 e. The predicted molar refractivity (Wildman–Crippen MR) is 83.3 cm³/mol. The van der Waals surface area contributed by atoms with Crippen LogP contribution >= 0.6 is 11.3 Å². The molecule has 0 spiro atoms. The van der Waals surface area contributed by atoms with Crippen molar-refractivity contribution >= 4 is 27.4 Å². The Morgan fingerprint density at radius 3 is 2.55 bits per heavy atom. The van der Waals surface area contributed by atoms with Crippen LogP contribution in [0.5, 0.6) is 0 Å². The van der Waals surface area contributed by atoms with Crippen LogP contribution in [0.15, 0.2) is 29.6 Å². The molecule has 1 aromatic heterocycles. The van der Waals surface area contributed by atoms with Crippen molar-refractivity contribution in [1.82, 2.24) is 0 Å². The minimum atomic E-state index is -0.602. The van der Waals surface area contributed by atoms with E-state index in [4.69, 9.17) is 0 Å². The van der Waals surface area contributed by atoms with Gasteiger partial charge in [0.15, 0.2) is 0 Å². The standard InChI is InChI=1S/C17H20O2S/c18-16(19)17(9-5-1-2-6-10-17)11-13-12-20-15-8-4-3-7-14(13)15/h3-4,7-8,12H,1-2,5-6,9-11H2,(H,18,19). The lowest BCUT2D eigenvalue weighted by Gasteiger charge is -2.27. The monoisotopic (exact) mass is 288 g/mol. The third kappa shape index (κ3) is 2.47. The number of hydrogen-bond acceptors (Lipinski definition) is 2. The molecule has 1 heterocycles. The Bertz CT molecular complexity index is 606. The smallest absolute Gasteiger partial charge is 0.309 e. The Kier molecular flexibility index (Phi) is 3.79. The van der Waals surface area contributed by atoms with Crippen LogP contribution in [0, 0.1) is 5.41 Å². The molecular weight excluding hydrogens is 268 g/mol. The summed E-state index contributed by atoms with van der Waals surface area (Å²) in [5, 5.41) is 13.2.